The van der Waals surface area contributed by atoms with Gasteiger partial charge in [0.25, 0.3) is 0 Å². The molecule has 1 N–H and O–H groups in total. The molecule has 1 heterocycles. The smallest absolute Gasteiger partial charge is 0.161 e. The van der Waals surface area contributed by atoms with Crippen LogP contribution in [0.2, 0.25) is 0 Å². The zero-order chi connectivity index (χ0) is 15.0. The number of nitrogens with one attached hydrogen (secondary N) is 1. The van der Waals surface area contributed by atoms with Crippen molar-refractivity contribution in [2.24, 2.45) is 10.9 Å². The fourth-order valence-electron chi connectivity index (χ4n) is 2.96. The number of halogens is 2. The van der Waals surface area contributed by atoms with Crippen LogP contribution in [0.3, 0.4) is 0 Å². The molecule has 1 spiro atoms. The van der Waals surface area contributed by atoms with Gasteiger partial charge in [0.2, 0.25) is 0 Å². The second-order valence-corrected chi connectivity index (χ2v) is 7.28. The number of hydrogen-bond donors (Lipinski definition) is 1. The summed E-state index contributed by atoms with van der Waals surface area (Å²) in [5.74, 6) is 0.883. The Bertz CT molecular complexity index is 578. The van der Waals surface area contributed by atoms with Gasteiger partial charge in [-0.1, -0.05) is 18.7 Å². The lowest BCUT2D eigenvalue weighted by Crippen LogP contribution is -2.32. The maximum absolute atomic E-state index is 13.9. The Hall–Kier alpha value is -1.10. The van der Waals surface area contributed by atoms with Crippen LogP contribution < -0.4 is 5.32 Å². The van der Waals surface area contributed by atoms with E-state index in [0.29, 0.717) is 10.7 Å². The van der Waals surface area contributed by atoms with Crippen molar-refractivity contribution in [2.45, 2.75) is 45.1 Å². The van der Waals surface area contributed by atoms with E-state index < -0.39 is 11.6 Å². The summed E-state index contributed by atoms with van der Waals surface area (Å²) in [6.45, 7) is 3.84. The highest BCUT2D eigenvalue weighted by Gasteiger charge is 2.38. The van der Waals surface area contributed by atoms with Crippen molar-refractivity contribution in [3.8, 4) is 0 Å². The van der Waals surface area contributed by atoms with E-state index in [2.05, 4.69) is 12.2 Å². The fraction of sp³-hybridized carbons (Fsp3) is 0.562. The average molecular weight is 310 g/mol. The quantitative estimate of drug-likeness (QED) is 0.810. The predicted molar refractivity (Wildman–Crippen MR) is 85.0 cm³/mol. The third kappa shape index (κ3) is 3.07. The topological polar surface area (TPSA) is 24.4 Å². The van der Waals surface area contributed by atoms with Crippen molar-refractivity contribution in [3.05, 3.63) is 29.3 Å². The number of benzene rings is 1. The summed E-state index contributed by atoms with van der Waals surface area (Å²) in [6, 6.07) is 2.43. The van der Waals surface area contributed by atoms with Crippen molar-refractivity contribution in [1.29, 1.82) is 0 Å². The van der Waals surface area contributed by atoms with E-state index in [1.807, 2.05) is 0 Å². The number of hydrogen-bond acceptors (Lipinski definition) is 3. The Labute approximate surface area is 128 Å². The molecule has 1 aromatic carbocycles. The van der Waals surface area contributed by atoms with Crippen molar-refractivity contribution in [3.63, 3.8) is 0 Å². The molecule has 0 saturated heterocycles. The molecule has 1 aromatic rings. The molecular formula is C16H20F2N2S. The Morgan fingerprint density at radius 3 is 2.67 bits per heavy atom. The van der Waals surface area contributed by atoms with Crippen LogP contribution in [0.25, 0.3) is 0 Å². The van der Waals surface area contributed by atoms with E-state index in [1.54, 1.807) is 18.7 Å². The second kappa shape index (κ2) is 5.59. The zero-order valence-corrected chi connectivity index (χ0v) is 13.2. The highest BCUT2D eigenvalue weighted by molar-refractivity contribution is 8.14. The first-order valence-electron chi connectivity index (χ1n) is 7.43. The van der Waals surface area contributed by atoms with Gasteiger partial charge in [-0.25, -0.2) is 8.78 Å². The van der Waals surface area contributed by atoms with Crippen molar-refractivity contribution in [2.75, 3.05) is 11.1 Å². The lowest BCUT2D eigenvalue weighted by Gasteiger charge is -2.32. The van der Waals surface area contributed by atoms with Crippen LogP contribution in [-0.2, 0) is 0 Å². The first-order chi connectivity index (χ1) is 9.97. The number of anilines is 1. The van der Waals surface area contributed by atoms with Crippen LogP contribution in [0.15, 0.2) is 17.1 Å². The molecule has 0 aromatic heterocycles. The minimum atomic E-state index is -0.435. The number of thioether (sulfide) groups is 1. The molecule has 1 saturated carbocycles. The van der Waals surface area contributed by atoms with Gasteiger partial charge in [-0.3, -0.25) is 4.99 Å². The van der Waals surface area contributed by atoms with Crippen LogP contribution in [0, 0.1) is 24.5 Å². The number of aryl methyl sites for hydroxylation is 1. The van der Waals surface area contributed by atoms with Crippen molar-refractivity contribution in [1.82, 2.24) is 0 Å². The molecule has 1 aliphatic heterocycles. The molecule has 0 atom stereocenters. The predicted octanol–water partition coefficient (Wildman–Crippen LogP) is 4.74. The van der Waals surface area contributed by atoms with Gasteiger partial charge in [0.05, 0.1) is 11.2 Å². The molecule has 1 aliphatic carbocycles. The third-order valence-electron chi connectivity index (χ3n) is 4.51. The number of rotatable bonds is 1. The average Bonchev–Trinajstić information content (AvgIpc) is 2.83. The third-order valence-corrected chi connectivity index (χ3v) is 5.66. The summed E-state index contributed by atoms with van der Waals surface area (Å²) in [5, 5.41) is 3.67. The number of nitrogens with zero attached hydrogens (tertiary/aromatic N) is 1. The largest absolute Gasteiger partial charge is 0.332 e. The highest BCUT2D eigenvalue weighted by atomic mass is 32.2. The standard InChI is InChI=1S/C16H20F2N2S/c1-10-3-5-16(6-4-10)9-21-15(20-16)19-14-8-12(17)11(2)7-13(14)18/h7-8,10H,3-6,9H2,1-2H3,(H,19,20). The minimum Gasteiger partial charge on any atom is -0.332 e. The van der Waals surface area contributed by atoms with E-state index >= 15 is 0 Å². The maximum atomic E-state index is 13.9. The molecule has 2 nitrogen and oxygen atoms in total. The summed E-state index contributed by atoms with van der Waals surface area (Å²) >= 11 is 1.61. The summed E-state index contributed by atoms with van der Waals surface area (Å²) in [4.78, 5) is 4.78. The lowest BCUT2D eigenvalue weighted by molar-refractivity contribution is 0.273. The first-order valence-corrected chi connectivity index (χ1v) is 8.41. The number of amidine groups is 1. The van der Waals surface area contributed by atoms with Gasteiger partial charge in [-0.05, 0) is 50.2 Å². The lowest BCUT2D eigenvalue weighted by atomic mass is 9.79. The molecule has 114 valence electrons. The summed E-state index contributed by atoms with van der Waals surface area (Å²) in [7, 11) is 0. The van der Waals surface area contributed by atoms with E-state index in [0.717, 1.165) is 24.5 Å². The summed E-state index contributed by atoms with van der Waals surface area (Å²) < 4.78 is 27.4. The van der Waals surface area contributed by atoms with Gasteiger partial charge in [0.1, 0.15) is 11.6 Å². The number of aliphatic imine (C=N–C) groups is 1. The van der Waals surface area contributed by atoms with E-state index in [-0.39, 0.29) is 11.2 Å². The van der Waals surface area contributed by atoms with E-state index in [4.69, 9.17) is 4.99 Å². The molecule has 21 heavy (non-hydrogen) atoms. The molecular weight excluding hydrogens is 290 g/mol. The van der Waals surface area contributed by atoms with E-state index in [1.165, 1.54) is 25.0 Å². The first kappa shape index (κ1) is 14.8. The summed E-state index contributed by atoms with van der Waals surface area (Å²) in [6.07, 6.45) is 4.59. The van der Waals surface area contributed by atoms with Crippen LogP contribution in [0.5, 0.6) is 0 Å². The highest BCUT2D eigenvalue weighted by Crippen LogP contribution is 2.41. The van der Waals surface area contributed by atoms with Gasteiger partial charge >= 0.3 is 0 Å². The molecule has 0 unspecified atom stereocenters. The van der Waals surface area contributed by atoms with Gasteiger partial charge < -0.3 is 5.32 Å². The Morgan fingerprint density at radius 2 is 1.95 bits per heavy atom. The zero-order valence-electron chi connectivity index (χ0n) is 12.4. The summed E-state index contributed by atoms with van der Waals surface area (Å²) in [5.41, 5.74) is 0.501. The van der Waals surface area contributed by atoms with Gasteiger partial charge in [-0.15, -0.1) is 0 Å². The SMILES string of the molecule is Cc1cc(F)c(NC2=NC3(CCC(C)CC3)CS2)cc1F. The van der Waals surface area contributed by atoms with Crippen molar-refractivity contribution >= 4 is 22.6 Å². The van der Waals surface area contributed by atoms with E-state index in [9.17, 15) is 8.78 Å². The maximum Gasteiger partial charge on any atom is 0.161 e. The van der Waals surface area contributed by atoms with Gasteiger partial charge in [-0.2, -0.15) is 0 Å². The molecule has 2 aliphatic rings. The molecule has 1 fully saturated rings. The van der Waals surface area contributed by atoms with Crippen LogP contribution in [0.4, 0.5) is 14.5 Å². The Kier molecular flexibility index (Phi) is 3.95. The Morgan fingerprint density at radius 1 is 1.24 bits per heavy atom. The minimum absolute atomic E-state index is 0.0131. The second-order valence-electron chi connectivity index (χ2n) is 6.32. The molecule has 3 rings (SSSR count). The van der Waals surface area contributed by atoms with Gasteiger partial charge in [0, 0.05) is 11.8 Å². The molecule has 0 amide bonds. The van der Waals surface area contributed by atoms with Gasteiger partial charge in [0.15, 0.2) is 5.17 Å². The molecule has 0 radical (unpaired) electrons. The fourth-order valence-corrected chi connectivity index (χ4v) is 4.16. The van der Waals surface area contributed by atoms with Crippen LogP contribution in [0.1, 0.15) is 38.2 Å². The van der Waals surface area contributed by atoms with Crippen LogP contribution in [-0.4, -0.2) is 16.5 Å². The molecule has 0 bridgehead atoms. The normalized spacial score (nSPS) is 28.8. The van der Waals surface area contributed by atoms with Crippen LogP contribution >= 0.6 is 11.8 Å². The Balaban J connectivity index is 1.76. The van der Waals surface area contributed by atoms with Crippen molar-refractivity contribution < 1.29 is 8.78 Å². The molecule has 5 heteroatoms. The monoisotopic (exact) mass is 310 g/mol.